The lowest BCUT2D eigenvalue weighted by atomic mass is 10.3. The van der Waals surface area contributed by atoms with E-state index in [4.69, 9.17) is 0 Å². The number of nitrogens with zero attached hydrogens (tertiary/aromatic N) is 2. The van der Waals surface area contributed by atoms with E-state index in [0.717, 1.165) is 0 Å². The molecule has 14 heavy (non-hydrogen) atoms. The quantitative estimate of drug-likeness (QED) is 0.749. The second-order valence-corrected chi connectivity index (χ2v) is 4.23. The molecular weight excluding hydrogens is 202 g/mol. The van der Waals surface area contributed by atoms with Gasteiger partial charge in [0.2, 0.25) is 0 Å². The molecule has 1 N–H and O–H groups in total. The number of ketones is 1. The number of aromatic amines is 1. The summed E-state index contributed by atoms with van der Waals surface area (Å²) >= 11 is 1.29. The second-order valence-electron chi connectivity index (χ2n) is 2.93. The number of rotatable bonds is 4. The van der Waals surface area contributed by atoms with Crippen molar-refractivity contribution in [2.24, 2.45) is 0 Å². The summed E-state index contributed by atoms with van der Waals surface area (Å²) in [7, 11) is 0. The predicted octanol–water partition coefficient (Wildman–Crippen LogP) is 0.661. The number of hydrogen-bond acceptors (Lipinski definition) is 4. The molecule has 1 heterocycles. The molecule has 0 radical (unpaired) electrons. The van der Waals surface area contributed by atoms with Crippen LogP contribution in [-0.2, 0) is 11.3 Å². The van der Waals surface area contributed by atoms with E-state index < -0.39 is 0 Å². The van der Waals surface area contributed by atoms with Crippen LogP contribution in [0.3, 0.4) is 0 Å². The van der Waals surface area contributed by atoms with E-state index in [0.29, 0.717) is 11.7 Å². The van der Waals surface area contributed by atoms with E-state index in [1.807, 2.05) is 6.92 Å². The van der Waals surface area contributed by atoms with Gasteiger partial charge in [0.25, 0.3) is 0 Å². The molecule has 1 atom stereocenters. The first-order valence-corrected chi connectivity index (χ1v) is 5.26. The predicted molar refractivity (Wildman–Crippen MR) is 54.5 cm³/mol. The Bertz CT molecular complexity index is 382. The van der Waals surface area contributed by atoms with Crippen LogP contribution in [0.25, 0.3) is 0 Å². The van der Waals surface area contributed by atoms with Gasteiger partial charge >= 0.3 is 5.69 Å². The van der Waals surface area contributed by atoms with E-state index in [9.17, 15) is 9.59 Å². The molecule has 0 amide bonds. The Morgan fingerprint density at radius 1 is 1.71 bits per heavy atom. The highest BCUT2D eigenvalue weighted by molar-refractivity contribution is 8.00. The van der Waals surface area contributed by atoms with Crippen molar-refractivity contribution in [3.63, 3.8) is 0 Å². The highest BCUT2D eigenvalue weighted by Crippen LogP contribution is 2.19. The van der Waals surface area contributed by atoms with Gasteiger partial charge in [-0.2, -0.15) is 0 Å². The molecule has 0 aromatic carbocycles. The van der Waals surface area contributed by atoms with Gasteiger partial charge in [0.1, 0.15) is 5.78 Å². The third kappa shape index (κ3) is 2.25. The summed E-state index contributed by atoms with van der Waals surface area (Å²) in [6, 6.07) is 0. The molecule has 78 valence electrons. The maximum atomic E-state index is 11.2. The fourth-order valence-electron chi connectivity index (χ4n) is 0.913. The maximum absolute atomic E-state index is 11.2. The van der Waals surface area contributed by atoms with Gasteiger partial charge in [0.05, 0.1) is 5.25 Å². The molecule has 0 saturated carbocycles. The van der Waals surface area contributed by atoms with Crippen LogP contribution in [0.4, 0.5) is 0 Å². The molecule has 0 saturated heterocycles. The topological polar surface area (TPSA) is 67.8 Å². The SMILES string of the molecule is CCn1c(SC(C)C(C)=O)n[nH]c1=O. The number of hydrogen-bond donors (Lipinski definition) is 1. The van der Waals surface area contributed by atoms with Gasteiger partial charge in [-0.15, -0.1) is 5.10 Å². The van der Waals surface area contributed by atoms with Crippen LogP contribution < -0.4 is 5.69 Å². The normalized spacial score (nSPS) is 12.8. The Kier molecular flexibility index (Phi) is 3.51. The maximum Gasteiger partial charge on any atom is 0.343 e. The van der Waals surface area contributed by atoms with Crippen LogP contribution in [-0.4, -0.2) is 25.8 Å². The molecule has 0 bridgehead atoms. The van der Waals surface area contributed by atoms with Crippen molar-refractivity contribution in [1.82, 2.24) is 14.8 Å². The molecule has 1 aromatic heterocycles. The van der Waals surface area contributed by atoms with E-state index in [2.05, 4.69) is 10.2 Å². The van der Waals surface area contributed by atoms with Crippen molar-refractivity contribution in [1.29, 1.82) is 0 Å². The lowest BCUT2D eigenvalue weighted by Gasteiger charge is -2.06. The molecule has 0 aliphatic rings. The molecule has 1 rings (SSSR count). The number of H-pyrrole nitrogens is 1. The molecular formula is C8H13N3O2S. The van der Waals surface area contributed by atoms with Crippen LogP contribution in [0.15, 0.2) is 9.95 Å². The average Bonchev–Trinajstić information content (AvgIpc) is 2.46. The second kappa shape index (κ2) is 4.45. The lowest BCUT2D eigenvalue weighted by molar-refractivity contribution is -0.116. The molecule has 0 spiro atoms. The zero-order valence-electron chi connectivity index (χ0n) is 8.40. The van der Waals surface area contributed by atoms with Crippen LogP contribution in [0.1, 0.15) is 20.8 Å². The smallest absolute Gasteiger partial charge is 0.299 e. The van der Waals surface area contributed by atoms with Gasteiger partial charge in [-0.25, -0.2) is 9.89 Å². The average molecular weight is 215 g/mol. The summed E-state index contributed by atoms with van der Waals surface area (Å²) in [6.45, 7) is 5.74. The van der Waals surface area contributed by atoms with Gasteiger partial charge in [0.15, 0.2) is 5.16 Å². The lowest BCUT2D eigenvalue weighted by Crippen LogP contribution is -2.17. The summed E-state index contributed by atoms with van der Waals surface area (Å²) in [6.07, 6.45) is 0. The van der Waals surface area contributed by atoms with Crippen molar-refractivity contribution in [3.8, 4) is 0 Å². The minimum Gasteiger partial charge on any atom is -0.299 e. The van der Waals surface area contributed by atoms with Gasteiger partial charge in [-0.3, -0.25) is 9.36 Å². The third-order valence-electron chi connectivity index (χ3n) is 1.89. The van der Waals surface area contributed by atoms with E-state index in [1.165, 1.54) is 23.3 Å². The van der Waals surface area contributed by atoms with Crippen LogP contribution >= 0.6 is 11.8 Å². The van der Waals surface area contributed by atoms with Crippen molar-refractivity contribution in [3.05, 3.63) is 10.5 Å². The molecule has 1 aromatic rings. The number of carbonyl (C=O) groups excluding carboxylic acids is 1. The van der Waals surface area contributed by atoms with Gasteiger partial charge in [-0.1, -0.05) is 11.8 Å². The van der Waals surface area contributed by atoms with Gasteiger partial charge in [0, 0.05) is 6.54 Å². The number of Topliss-reactive ketones (excluding diaryl/α,β-unsaturated/α-hetero) is 1. The molecule has 0 fully saturated rings. The largest absolute Gasteiger partial charge is 0.343 e. The Balaban J connectivity index is 2.86. The summed E-state index contributed by atoms with van der Waals surface area (Å²) in [4.78, 5) is 22.2. The first-order chi connectivity index (χ1) is 6.56. The van der Waals surface area contributed by atoms with Crippen LogP contribution in [0.2, 0.25) is 0 Å². The Labute approximate surface area is 85.9 Å². The summed E-state index contributed by atoms with van der Waals surface area (Å²) in [5, 5.41) is 6.60. The van der Waals surface area contributed by atoms with Crippen molar-refractivity contribution in [2.75, 3.05) is 0 Å². The summed E-state index contributed by atoms with van der Waals surface area (Å²) in [5.74, 6) is 0.0769. The van der Waals surface area contributed by atoms with E-state index in [-0.39, 0.29) is 16.7 Å². The van der Waals surface area contributed by atoms with Crippen molar-refractivity contribution >= 4 is 17.5 Å². The number of thioether (sulfide) groups is 1. The number of nitrogens with one attached hydrogen (secondary N) is 1. The van der Waals surface area contributed by atoms with E-state index in [1.54, 1.807) is 6.92 Å². The van der Waals surface area contributed by atoms with Crippen LogP contribution in [0.5, 0.6) is 0 Å². The number of aromatic nitrogens is 3. The Morgan fingerprint density at radius 3 is 2.86 bits per heavy atom. The Morgan fingerprint density at radius 2 is 2.36 bits per heavy atom. The fraction of sp³-hybridized carbons (Fsp3) is 0.625. The monoisotopic (exact) mass is 215 g/mol. The molecule has 0 aliphatic heterocycles. The molecule has 6 heteroatoms. The fourth-order valence-corrected chi connectivity index (χ4v) is 1.83. The zero-order valence-corrected chi connectivity index (χ0v) is 9.22. The number of carbonyl (C=O) groups is 1. The highest BCUT2D eigenvalue weighted by Gasteiger charge is 2.14. The standard InChI is InChI=1S/C8H13N3O2S/c1-4-11-7(13)9-10-8(11)14-6(3)5(2)12/h6H,4H2,1-3H3,(H,9,13). The summed E-state index contributed by atoms with van der Waals surface area (Å²) < 4.78 is 1.50. The zero-order chi connectivity index (χ0) is 10.7. The highest BCUT2D eigenvalue weighted by atomic mass is 32.2. The minimum absolute atomic E-state index is 0.0769. The van der Waals surface area contributed by atoms with Crippen molar-refractivity contribution in [2.45, 2.75) is 37.7 Å². The summed E-state index contributed by atoms with van der Waals surface area (Å²) in [5.41, 5.74) is -0.231. The van der Waals surface area contributed by atoms with Gasteiger partial charge in [-0.05, 0) is 20.8 Å². The molecule has 0 aliphatic carbocycles. The minimum atomic E-state index is -0.231. The first kappa shape index (κ1) is 11.0. The van der Waals surface area contributed by atoms with E-state index >= 15 is 0 Å². The molecule has 1 unspecified atom stereocenters. The third-order valence-corrected chi connectivity index (χ3v) is 3.10. The first-order valence-electron chi connectivity index (χ1n) is 4.38. The van der Waals surface area contributed by atoms with Crippen molar-refractivity contribution < 1.29 is 4.79 Å². The van der Waals surface area contributed by atoms with Crippen LogP contribution in [0, 0.1) is 0 Å². The van der Waals surface area contributed by atoms with Gasteiger partial charge < -0.3 is 0 Å². The Hall–Kier alpha value is -1.04. The molecule has 5 nitrogen and oxygen atoms in total.